The van der Waals surface area contributed by atoms with E-state index in [1.54, 1.807) is 47.4 Å². The van der Waals surface area contributed by atoms with Crippen molar-refractivity contribution in [3.05, 3.63) is 63.6 Å². The summed E-state index contributed by atoms with van der Waals surface area (Å²) in [6, 6.07) is 12.1. The zero-order valence-electron chi connectivity index (χ0n) is 16.0. The Balaban J connectivity index is 1.74. The molecule has 0 aliphatic carbocycles. The Morgan fingerprint density at radius 1 is 0.931 bits per heavy atom. The highest BCUT2D eigenvalue weighted by Gasteiger charge is 2.63. The van der Waals surface area contributed by atoms with Gasteiger partial charge in [-0.05, 0) is 42.3 Å². The van der Waals surface area contributed by atoms with E-state index in [2.05, 4.69) is 0 Å². The molecule has 3 amide bonds. The molecule has 1 fully saturated rings. The number of hydrogen-bond acceptors (Lipinski definition) is 3. The lowest BCUT2D eigenvalue weighted by molar-refractivity contribution is -0.142. The number of likely N-dealkylation sites (tertiary alicyclic amines) is 1. The number of halogens is 2. The number of amides is 3. The van der Waals surface area contributed by atoms with Crippen LogP contribution in [0.25, 0.3) is 0 Å². The topological polar surface area (TPSA) is 57.7 Å². The largest absolute Gasteiger partial charge is 0.311 e. The van der Waals surface area contributed by atoms with Gasteiger partial charge >= 0.3 is 0 Å². The highest BCUT2D eigenvalue weighted by molar-refractivity contribution is 6.32. The van der Waals surface area contributed by atoms with Gasteiger partial charge in [-0.25, -0.2) is 0 Å². The first-order valence-electron chi connectivity index (χ1n) is 9.59. The summed E-state index contributed by atoms with van der Waals surface area (Å²) < 4.78 is 0. The molecule has 1 spiro atoms. The summed E-state index contributed by atoms with van der Waals surface area (Å²) in [5.41, 5.74) is 0.454. The van der Waals surface area contributed by atoms with E-state index in [9.17, 15) is 14.4 Å². The van der Waals surface area contributed by atoms with Crippen molar-refractivity contribution in [2.24, 2.45) is 0 Å². The normalized spacial score (nSPS) is 20.9. The van der Waals surface area contributed by atoms with Gasteiger partial charge in [0, 0.05) is 27.8 Å². The van der Waals surface area contributed by atoms with Gasteiger partial charge in [0.05, 0.1) is 13.0 Å². The van der Waals surface area contributed by atoms with Gasteiger partial charge in [-0.1, -0.05) is 48.7 Å². The predicted octanol–water partition coefficient (Wildman–Crippen LogP) is 4.34. The van der Waals surface area contributed by atoms with Crippen LogP contribution in [0.5, 0.6) is 0 Å². The van der Waals surface area contributed by atoms with Crippen molar-refractivity contribution < 1.29 is 14.4 Å². The summed E-state index contributed by atoms with van der Waals surface area (Å²) >= 11 is 12.1. The Hall–Kier alpha value is -2.37. The molecule has 1 unspecified atom stereocenters. The highest BCUT2D eigenvalue weighted by atomic mass is 35.5. The maximum atomic E-state index is 13.5. The molecule has 2 heterocycles. The van der Waals surface area contributed by atoms with Crippen LogP contribution in [-0.2, 0) is 26.3 Å². The van der Waals surface area contributed by atoms with Crippen molar-refractivity contribution in [2.45, 2.75) is 38.1 Å². The fraction of sp³-hybridized carbons (Fsp3) is 0.318. The maximum Gasteiger partial charge on any atom is 0.250 e. The minimum absolute atomic E-state index is 0.106. The number of carbonyl (C=O) groups excluding carboxylic acids is 3. The van der Waals surface area contributed by atoms with Crippen LogP contribution in [0.3, 0.4) is 0 Å². The Kier molecular flexibility index (Phi) is 5.13. The fourth-order valence-corrected chi connectivity index (χ4v) is 4.43. The molecule has 5 nitrogen and oxygen atoms in total. The lowest BCUT2D eigenvalue weighted by Crippen LogP contribution is -2.46. The smallest absolute Gasteiger partial charge is 0.250 e. The number of anilines is 1. The molecule has 1 saturated heterocycles. The van der Waals surface area contributed by atoms with Crippen molar-refractivity contribution in [3.8, 4) is 0 Å². The molecule has 29 heavy (non-hydrogen) atoms. The lowest BCUT2D eigenvalue weighted by Gasteiger charge is -2.22. The Morgan fingerprint density at radius 2 is 1.59 bits per heavy atom. The molecule has 2 aromatic carbocycles. The van der Waals surface area contributed by atoms with E-state index < -0.39 is 11.3 Å². The average Bonchev–Trinajstić information content (AvgIpc) is 3.08. The minimum Gasteiger partial charge on any atom is -0.311 e. The second kappa shape index (κ2) is 7.47. The quantitative estimate of drug-likeness (QED) is 0.523. The summed E-state index contributed by atoms with van der Waals surface area (Å²) in [4.78, 5) is 42.6. The van der Waals surface area contributed by atoms with Gasteiger partial charge in [-0.2, -0.15) is 0 Å². The van der Waals surface area contributed by atoms with E-state index in [0.717, 1.165) is 18.4 Å². The molecule has 0 aromatic heterocycles. The molecule has 7 heteroatoms. The van der Waals surface area contributed by atoms with Gasteiger partial charge in [0.2, 0.25) is 17.7 Å². The van der Waals surface area contributed by atoms with Crippen LogP contribution in [-0.4, -0.2) is 29.2 Å². The van der Waals surface area contributed by atoms with E-state index in [0.29, 0.717) is 27.8 Å². The van der Waals surface area contributed by atoms with Crippen LogP contribution < -0.4 is 4.90 Å². The van der Waals surface area contributed by atoms with E-state index in [1.165, 1.54) is 4.90 Å². The van der Waals surface area contributed by atoms with E-state index in [4.69, 9.17) is 23.2 Å². The van der Waals surface area contributed by atoms with Gasteiger partial charge in [0.25, 0.3) is 0 Å². The second-order valence-electron chi connectivity index (χ2n) is 7.47. The first-order chi connectivity index (χ1) is 13.9. The number of unbranched alkanes of at least 4 members (excludes halogenated alkanes) is 1. The third-order valence-electron chi connectivity index (χ3n) is 5.64. The van der Waals surface area contributed by atoms with Crippen molar-refractivity contribution in [3.63, 3.8) is 0 Å². The zero-order chi connectivity index (χ0) is 20.8. The molecular formula is C22H20Cl2N2O3. The number of benzene rings is 2. The summed E-state index contributed by atoms with van der Waals surface area (Å²) in [5.74, 6) is -1.17. The van der Waals surface area contributed by atoms with Crippen LogP contribution in [0.1, 0.15) is 37.3 Å². The van der Waals surface area contributed by atoms with Crippen LogP contribution in [0, 0.1) is 0 Å². The number of rotatable bonds is 5. The SMILES string of the molecule is CCCCN1C(=O)C2(CC(=O)N(Cc3ccc(Cl)cc3)C2=O)c2cc(Cl)ccc21. The predicted molar refractivity (Wildman–Crippen MR) is 112 cm³/mol. The van der Waals surface area contributed by atoms with Gasteiger partial charge in [-0.3, -0.25) is 19.3 Å². The van der Waals surface area contributed by atoms with Gasteiger partial charge in [-0.15, -0.1) is 0 Å². The summed E-state index contributed by atoms with van der Waals surface area (Å²) in [5, 5.41) is 1.01. The Labute approximate surface area is 179 Å². The fourth-order valence-electron chi connectivity index (χ4n) is 4.13. The number of carbonyl (C=O) groups is 3. The summed E-state index contributed by atoms with van der Waals surface area (Å²) in [6.45, 7) is 2.65. The van der Waals surface area contributed by atoms with E-state index in [1.807, 2.05) is 6.92 Å². The van der Waals surface area contributed by atoms with Gasteiger partial charge < -0.3 is 4.90 Å². The van der Waals surface area contributed by atoms with E-state index in [-0.39, 0.29) is 24.8 Å². The monoisotopic (exact) mass is 430 g/mol. The number of hydrogen-bond donors (Lipinski definition) is 0. The number of imide groups is 1. The molecule has 150 valence electrons. The average molecular weight is 431 g/mol. The molecule has 0 radical (unpaired) electrons. The number of nitrogens with zero attached hydrogens (tertiary/aromatic N) is 2. The van der Waals surface area contributed by atoms with Crippen LogP contribution in [0.4, 0.5) is 5.69 Å². The summed E-state index contributed by atoms with van der Waals surface area (Å²) in [7, 11) is 0. The molecule has 2 aliphatic heterocycles. The first-order valence-corrected chi connectivity index (χ1v) is 10.4. The number of fused-ring (bicyclic) bond motifs is 2. The van der Waals surface area contributed by atoms with Crippen molar-refractivity contribution in [1.29, 1.82) is 0 Å². The molecule has 4 rings (SSSR count). The third kappa shape index (κ3) is 3.13. The van der Waals surface area contributed by atoms with Crippen LogP contribution in [0.2, 0.25) is 10.0 Å². The van der Waals surface area contributed by atoms with Crippen LogP contribution in [0.15, 0.2) is 42.5 Å². The third-order valence-corrected chi connectivity index (χ3v) is 6.12. The maximum absolute atomic E-state index is 13.5. The zero-order valence-corrected chi connectivity index (χ0v) is 17.5. The van der Waals surface area contributed by atoms with Crippen molar-refractivity contribution >= 4 is 46.6 Å². The highest BCUT2D eigenvalue weighted by Crippen LogP contribution is 2.49. The molecule has 0 N–H and O–H groups in total. The molecular weight excluding hydrogens is 411 g/mol. The first kappa shape index (κ1) is 19.9. The molecule has 0 saturated carbocycles. The van der Waals surface area contributed by atoms with E-state index >= 15 is 0 Å². The minimum atomic E-state index is -1.52. The molecule has 1 atom stereocenters. The Bertz CT molecular complexity index is 1010. The van der Waals surface area contributed by atoms with Gasteiger partial charge in [0.15, 0.2) is 5.41 Å². The van der Waals surface area contributed by atoms with Gasteiger partial charge in [0.1, 0.15) is 0 Å². The summed E-state index contributed by atoms with van der Waals surface area (Å²) in [6.07, 6.45) is 1.55. The molecule has 2 aliphatic rings. The standard InChI is InChI=1S/C22H20Cl2N2O3/c1-2-3-10-25-18-9-8-16(24)11-17(18)22(20(25)28)12-19(27)26(21(22)29)13-14-4-6-15(23)7-5-14/h4-9,11H,2-3,10,12-13H2,1H3. The molecule has 0 bridgehead atoms. The molecule has 2 aromatic rings. The van der Waals surface area contributed by atoms with Crippen LogP contribution >= 0.6 is 23.2 Å². The lowest BCUT2D eigenvalue weighted by atomic mass is 9.80. The Morgan fingerprint density at radius 3 is 2.28 bits per heavy atom. The van der Waals surface area contributed by atoms with Crippen molar-refractivity contribution in [1.82, 2.24) is 4.90 Å². The second-order valence-corrected chi connectivity index (χ2v) is 8.34. The van der Waals surface area contributed by atoms with Crippen molar-refractivity contribution in [2.75, 3.05) is 11.4 Å².